The van der Waals surface area contributed by atoms with E-state index in [1.807, 2.05) is 36.9 Å². The zero-order chi connectivity index (χ0) is 25.7. The predicted molar refractivity (Wildman–Crippen MR) is 142 cm³/mol. The number of aliphatic hydroxyl groups is 1. The first kappa shape index (κ1) is 26.6. The normalized spacial score (nSPS) is 19.2. The van der Waals surface area contributed by atoms with Crippen LogP contribution in [0.5, 0.6) is 5.75 Å². The van der Waals surface area contributed by atoms with Gasteiger partial charge in [0, 0.05) is 25.9 Å². The summed E-state index contributed by atoms with van der Waals surface area (Å²) < 4.78 is 32.5. The summed E-state index contributed by atoms with van der Waals surface area (Å²) in [5, 5.41) is 18.1. The van der Waals surface area contributed by atoms with Crippen molar-refractivity contribution in [3.8, 4) is 5.75 Å². The van der Waals surface area contributed by atoms with Gasteiger partial charge in [-0.25, -0.2) is 0 Å². The van der Waals surface area contributed by atoms with Gasteiger partial charge in [-0.2, -0.15) is 4.31 Å². The lowest BCUT2D eigenvalue weighted by Gasteiger charge is -2.42. The average molecular weight is 515 g/mol. The van der Waals surface area contributed by atoms with Crippen LogP contribution < -0.4 is 4.74 Å². The molecule has 8 nitrogen and oxygen atoms in total. The van der Waals surface area contributed by atoms with Crippen molar-refractivity contribution in [3.05, 3.63) is 71.0 Å². The maximum atomic E-state index is 11.4. The molecule has 2 aromatic carbocycles. The highest BCUT2D eigenvalue weighted by atomic mass is 32.3. The zero-order valence-corrected chi connectivity index (χ0v) is 22.2. The molecule has 0 amide bonds. The summed E-state index contributed by atoms with van der Waals surface area (Å²) in [4.78, 5) is 0.438. The molecule has 9 heteroatoms. The smallest absolute Gasteiger partial charge is 0.144 e. The van der Waals surface area contributed by atoms with E-state index in [0.29, 0.717) is 30.2 Å². The van der Waals surface area contributed by atoms with E-state index in [1.165, 1.54) is 0 Å². The molecule has 0 spiro atoms. The first-order valence-corrected chi connectivity index (χ1v) is 14.2. The Morgan fingerprint density at radius 2 is 1.94 bits per heavy atom. The van der Waals surface area contributed by atoms with Crippen LogP contribution in [0.3, 0.4) is 0 Å². The van der Waals surface area contributed by atoms with Crippen molar-refractivity contribution in [2.24, 2.45) is 0 Å². The molecule has 0 saturated heterocycles. The summed E-state index contributed by atoms with van der Waals surface area (Å²) in [6, 6.07) is 13.6. The molecule has 0 bridgehead atoms. The van der Waals surface area contributed by atoms with E-state index in [9.17, 15) is 14.2 Å². The van der Waals surface area contributed by atoms with Crippen molar-refractivity contribution in [1.82, 2.24) is 19.3 Å². The third-order valence-corrected chi connectivity index (χ3v) is 8.91. The third kappa shape index (κ3) is 5.92. The molecule has 3 aromatic rings. The lowest BCUT2D eigenvalue weighted by molar-refractivity contribution is 0.165. The van der Waals surface area contributed by atoms with E-state index in [4.69, 9.17) is 4.74 Å². The summed E-state index contributed by atoms with van der Waals surface area (Å²) in [5.41, 5.74) is 4.23. The van der Waals surface area contributed by atoms with Crippen molar-refractivity contribution >= 4 is 10.8 Å². The molecule has 1 aromatic heterocycles. The fourth-order valence-corrected chi connectivity index (χ4v) is 6.32. The standard InChI is InChI=1S/C27H38N4O4S/c1-4-25-19-31(36(33,34)27-9-7-6-8-26(27)35-25)17-23-16-22(11-10-20(23)3)21(14-15-32)12-13-24-18-30(5-2)29-28-24/h6-11,16,18,21,25,32-34H,4-5,12-15,17,19H2,1-3H3/t21-,25+/m0/s1. The minimum Gasteiger partial charge on any atom is -0.487 e. The van der Waals surface area contributed by atoms with Gasteiger partial charge in [-0.15, -0.1) is 15.9 Å². The average Bonchev–Trinajstić information content (AvgIpc) is 3.31. The van der Waals surface area contributed by atoms with Gasteiger partial charge >= 0.3 is 0 Å². The molecule has 0 fully saturated rings. The number of para-hydroxylation sites is 1. The number of ether oxygens (including phenoxy) is 1. The minimum atomic E-state index is -3.22. The van der Waals surface area contributed by atoms with Gasteiger partial charge in [-0.1, -0.05) is 42.5 Å². The Bertz CT molecular complexity index is 1150. The first-order chi connectivity index (χ1) is 17.3. The van der Waals surface area contributed by atoms with Crippen LogP contribution in [0.4, 0.5) is 0 Å². The zero-order valence-electron chi connectivity index (χ0n) is 21.4. The van der Waals surface area contributed by atoms with Crippen LogP contribution in [0, 0.1) is 6.92 Å². The highest BCUT2D eigenvalue weighted by Crippen LogP contribution is 2.57. The molecule has 196 valence electrons. The Morgan fingerprint density at radius 1 is 1.14 bits per heavy atom. The second-order valence-corrected chi connectivity index (χ2v) is 11.4. The monoisotopic (exact) mass is 514 g/mol. The molecule has 0 radical (unpaired) electrons. The van der Waals surface area contributed by atoms with E-state index in [-0.39, 0.29) is 18.6 Å². The highest BCUT2D eigenvalue weighted by molar-refractivity contribution is 8.22. The molecule has 1 aliphatic heterocycles. The molecule has 2 heterocycles. The molecule has 1 aliphatic rings. The first-order valence-electron chi connectivity index (χ1n) is 12.7. The van der Waals surface area contributed by atoms with Crippen molar-refractivity contribution < 1.29 is 18.9 Å². The quantitative estimate of drug-likeness (QED) is 0.333. The van der Waals surface area contributed by atoms with E-state index in [2.05, 4.69) is 35.4 Å². The van der Waals surface area contributed by atoms with Crippen LogP contribution >= 0.6 is 10.8 Å². The van der Waals surface area contributed by atoms with Crippen molar-refractivity contribution in [3.63, 3.8) is 0 Å². The Morgan fingerprint density at radius 3 is 2.67 bits per heavy atom. The maximum absolute atomic E-state index is 11.4. The Labute approximate surface area is 215 Å². The number of hydrogen-bond acceptors (Lipinski definition) is 7. The van der Waals surface area contributed by atoms with Crippen molar-refractivity contribution in [2.75, 3.05) is 13.2 Å². The van der Waals surface area contributed by atoms with Gasteiger partial charge in [0.2, 0.25) is 0 Å². The number of aromatic nitrogens is 3. The van der Waals surface area contributed by atoms with Crippen molar-refractivity contribution in [2.45, 2.75) is 76.5 Å². The highest BCUT2D eigenvalue weighted by Gasteiger charge is 2.34. The summed E-state index contributed by atoms with van der Waals surface area (Å²) in [7, 11) is -3.22. The predicted octanol–water partition coefficient (Wildman–Crippen LogP) is 5.40. The molecular weight excluding hydrogens is 476 g/mol. The van der Waals surface area contributed by atoms with Gasteiger partial charge in [0.15, 0.2) is 0 Å². The number of aliphatic hydroxyl groups excluding tert-OH is 1. The largest absolute Gasteiger partial charge is 0.487 e. The molecule has 2 atom stereocenters. The van der Waals surface area contributed by atoms with Gasteiger partial charge in [0.25, 0.3) is 0 Å². The second kappa shape index (κ2) is 11.7. The lowest BCUT2D eigenvalue weighted by Crippen LogP contribution is -2.34. The number of rotatable bonds is 10. The van der Waals surface area contributed by atoms with Crippen LogP contribution in [0.1, 0.15) is 61.4 Å². The number of aryl methyl sites for hydroxylation is 3. The second-order valence-electron chi connectivity index (χ2n) is 9.44. The van der Waals surface area contributed by atoms with Gasteiger partial charge in [0.05, 0.1) is 12.2 Å². The molecule has 3 N–H and O–H groups in total. The summed E-state index contributed by atoms with van der Waals surface area (Å²) in [6.07, 6.45) is 4.89. The molecule has 0 saturated carbocycles. The van der Waals surface area contributed by atoms with Crippen LogP contribution in [-0.2, 0) is 19.5 Å². The van der Waals surface area contributed by atoms with Gasteiger partial charge in [-0.05, 0) is 74.3 Å². The van der Waals surface area contributed by atoms with Gasteiger partial charge in [-0.3, -0.25) is 13.8 Å². The molecule has 36 heavy (non-hydrogen) atoms. The molecule has 0 unspecified atom stereocenters. The fourth-order valence-electron chi connectivity index (χ4n) is 4.70. The topological polar surface area (TPSA) is 104 Å². The number of hydrogen-bond donors (Lipinski definition) is 3. The van der Waals surface area contributed by atoms with Crippen molar-refractivity contribution in [1.29, 1.82) is 0 Å². The lowest BCUT2D eigenvalue weighted by atomic mass is 9.89. The van der Waals surface area contributed by atoms with Crippen LogP contribution in [0.25, 0.3) is 0 Å². The number of nitrogens with zero attached hydrogens (tertiary/aromatic N) is 4. The van der Waals surface area contributed by atoms with Crippen LogP contribution in [-0.4, -0.2) is 52.8 Å². The molecular formula is C27H38N4O4S. The van der Waals surface area contributed by atoms with E-state index in [0.717, 1.165) is 48.2 Å². The van der Waals surface area contributed by atoms with E-state index < -0.39 is 10.8 Å². The summed E-state index contributed by atoms with van der Waals surface area (Å²) >= 11 is 0. The summed E-state index contributed by atoms with van der Waals surface area (Å²) in [5.74, 6) is 0.707. The molecule has 4 rings (SSSR count). The Balaban J connectivity index is 1.58. The summed E-state index contributed by atoms with van der Waals surface area (Å²) in [6.45, 7) is 7.85. The SMILES string of the molecule is CC[C@@H]1CN(Cc2cc([C@H](CCO)CCc3cn(CC)nn3)ccc2C)S(O)(O)c2ccccc2O1. The van der Waals surface area contributed by atoms with Gasteiger partial charge < -0.3 is 9.84 Å². The third-order valence-electron chi connectivity index (χ3n) is 6.99. The Hall–Kier alpha value is -2.43. The van der Waals surface area contributed by atoms with Crippen LogP contribution in [0.15, 0.2) is 53.6 Å². The number of benzene rings is 2. The molecule has 0 aliphatic carbocycles. The van der Waals surface area contributed by atoms with Gasteiger partial charge in [0.1, 0.15) is 16.7 Å². The minimum absolute atomic E-state index is 0.106. The number of fused-ring (bicyclic) bond motifs is 1. The van der Waals surface area contributed by atoms with E-state index >= 15 is 0 Å². The van der Waals surface area contributed by atoms with Crippen LogP contribution in [0.2, 0.25) is 0 Å². The van der Waals surface area contributed by atoms with E-state index in [1.54, 1.807) is 16.4 Å². The Kier molecular flexibility index (Phi) is 8.69. The fraction of sp³-hybridized carbons (Fsp3) is 0.481. The maximum Gasteiger partial charge on any atom is 0.144 e.